The highest BCUT2D eigenvalue weighted by Crippen LogP contribution is 2.15. The Labute approximate surface area is 112 Å². The number of nitrogens with one attached hydrogen (secondary N) is 1. The van der Waals surface area contributed by atoms with Crippen molar-refractivity contribution in [1.29, 1.82) is 0 Å². The summed E-state index contributed by atoms with van der Waals surface area (Å²) in [5.41, 5.74) is 0. The second-order valence-corrected chi connectivity index (χ2v) is 6.17. The molecule has 0 aromatic heterocycles. The third-order valence-corrected chi connectivity index (χ3v) is 4.39. The first-order valence-corrected chi connectivity index (χ1v) is 8.67. The lowest BCUT2D eigenvalue weighted by atomic mass is 10.0. The largest absolute Gasteiger partial charge is 0.317 e. The predicted molar refractivity (Wildman–Crippen MR) is 80.0 cm³/mol. The van der Waals surface area contributed by atoms with Crippen LogP contribution in [-0.4, -0.2) is 49.1 Å². The number of rotatable bonds is 9. The van der Waals surface area contributed by atoms with Crippen LogP contribution < -0.4 is 5.32 Å². The highest BCUT2D eigenvalue weighted by atomic mass is 32.2. The van der Waals surface area contributed by atoms with E-state index in [-0.39, 0.29) is 0 Å². The van der Waals surface area contributed by atoms with Gasteiger partial charge in [-0.3, -0.25) is 0 Å². The van der Waals surface area contributed by atoms with Gasteiger partial charge in [0, 0.05) is 6.04 Å². The van der Waals surface area contributed by atoms with Crippen molar-refractivity contribution in [2.75, 3.05) is 38.2 Å². The Morgan fingerprint density at radius 2 is 2.00 bits per heavy atom. The Bertz CT molecular complexity index is 176. The fourth-order valence-corrected chi connectivity index (χ4v) is 3.01. The van der Waals surface area contributed by atoms with E-state index in [1.165, 1.54) is 70.5 Å². The van der Waals surface area contributed by atoms with Crippen LogP contribution in [0.15, 0.2) is 0 Å². The molecule has 3 heteroatoms. The van der Waals surface area contributed by atoms with Gasteiger partial charge in [-0.2, -0.15) is 11.8 Å². The number of unbranched alkanes of at least 4 members (excludes halogenated alkanes) is 1. The van der Waals surface area contributed by atoms with Crippen LogP contribution in [0.3, 0.4) is 0 Å². The lowest BCUT2D eigenvalue weighted by molar-refractivity contribution is 0.159. The maximum absolute atomic E-state index is 3.56. The molecular formula is C14H30N2S. The molecule has 0 bridgehead atoms. The molecule has 102 valence electrons. The third-order valence-electron chi connectivity index (χ3n) is 3.69. The van der Waals surface area contributed by atoms with Gasteiger partial charge in [0.1, 0.15) is 0 Å². The number of hydrogen-bond acceptors (Lipinski definition) is 3. The van der Waals surface area contributed by atoms with Crippen LogP contribution in [0.1, 0.15) is 45.4 Å². The van der Waals surface area contributed by atoms with Crippen molar-refractivity contribution in [2.45, 2.75) is 51.5 Å². The van der Waals surface area contributed by atoms with Gasteiger partial charge in [-0.15, -0.1) is 0 Å². The van der Waals surface area contributed by atoms with Crippen molar-refractivity contribution >= 4 is 11.8 Å². The Morgan fingerprint density at radius 1 is 1.18 bits per heavy atom. The van der Waals surface area contributed by atoms with Crippen molar-refractivity contribution in [3.05, 3.63) is 0 Å². The Balaban J connectivity index is 1.86. The molecule has 1 rings (SSSR count). The Morgan fingerprint density at radius 3 is 2.76 bits per heavy atom. The fourth-order valence-electron chi connectivity index (χ4n) is 2.52. The van der Waals surface area contributed by atoms with Gasteiger partial charge >= 0.3 is 0 Å². The molecule has 0 saturated carbocycles. The molecule has 2 nitrogen and oxygen atoms in total. The van der Waals surface area contributed by atoms with E-state index in [1.807, 2.05) is 11.8 Å². The average Bonchev–Trinajstić information content (AvgIpc) is 2.35. The first-order valence-electron chi connectivity index (χ1n) is 7.28. The SMILES string of the molecule is CSCCCCNCCCN1CCCCC1C. The van der Waals surface area contributed by atoms with Gasteiger partial charge in [0.05, 0.1) is 0 Å². The summed E-state index contributed by atoms with van der Waals surface area (Å²) < 4.78 is 0. The van der Waals surface area contributed by atoms with Gasteiger partial charge in [-0.25, -0.2) is 0 Å². The van der Waals surface area contributed by atoms with Crippen LogP contribution in [0.5, 0.6) is 0 Å². The number of piperidine rings is 1. The van der Waals surface area contributed by atoms with E-state index < -0.39 is 0 Å². The first-order chi connectivity index (χ1) is 8.34. The summed E-state index contributed by atoms with van der Waals surface area (Å²) in [4.78, 5) is 2.67. The first kappa shape index (κ1) is 15.3. The number of likely N-dealkylation sites (tertiary alicyclic amines) is 1. The van der Waals surface area contributed by atoms with E-state index >= 15 is 0 Å². The second kappa shape index (κ2) is 10.2. The van der Waals surface area contributed by atoms with Crippen molar-refractivity contribution in [1.82, 2.24) is 10.2 Å². The predicted octanol–water partition coefficient (Wildman–Crippen LogP) is 2.98. The van der Waals surface area contributed by atoms with E-state index in [9.17, 15) is 0 Å². The van der Waals surface area contributed by atoms with E-state index in [2.05, 4.69) is 23.4 Å². The summed E-state index contributed by atoms with van der Waals surface area (Å²) in [6.45, 7) is 7.40. The molecule has 1 saturated heterocycles. The third kappa shape index (κ3) is 7.32. The van der Waals surface area contributed by atoms with E-state index in [0.29, 0.717) is 0 Å². The molecule has 1 N–H and O–H groups in total. The molecule has 0 aromatic carbocycles. The van der Waals surface area contributed by atoms with E-state index in [4.69, 9.17) is 0 Å². The molecule has 1 unspecified atom stereocenters. The monoisotopic (exact) mass is 258 g/mol. The molecule has 0 aliphatic carbocycles. The summed E-state index contributed by atoms with van der Waals surface area (Å²) in [6, 6.07) is 0.824. The molecule has 0 radical (unpaired) electrons. The van der Waals surface area contributed by atoms with Gasteiger partial charge < -0.3 is 10.2 Å². The minimum atomic E-state index is 0.824. The maximum Gasteiger partial charge on any atom is 0.00669 e. The van der Waals surface area contributed by atoms with Gasteiger partial charge in [0.2, 0.25) is 0 Å². The summed E-state index contributed by atoms with van der Waals surface area (Å²) >= 11 is 1.95. The zero-order valence-corrected chi connectivity index (χ0v) is 12.5. The number of thioether (sulfide) groups is 1. The fraction of sp³-hybridized carbons (Fsp3) is 1.00. The normalized spacial score (nSPS) is 21.9. The smallest absolute Gasteiger partial charge is 0.00669 e. The van der Waals surface area contributed by atoms with Crippen molar-refractivity contribution in [3.63, 3.8) is 0 Å². The van der Waals surface area contributed by atoms with E-state index in [0.717, 1.165) is 6.04 Å². The molecule has 1 aliphatic rings. The van der Waals surface area contributed by atoms with Crippen LogP contribution in [0, 0.1) is 0 Å². The van der Waals surface area contributed by atoms with Crippen LogP contribution in [0.25, 0.3) is 0 Å². The van der Waals surface area contributed by atoms with Crippen molar-refractivity contribution < 1.29 is 0 Å². The molecule has 0 aromatic rings. The quantitative estimate of drug-likeness (QED) is 0.640. The Hall–Kier alpha value is 0.270. The van der Waals surface area contributed by atoms with Crippen LogP contribution in [0.4, 0.5) is 0 Å². The summed E-state index contributed by atoms with van der Waals surface area (Å²) in [7, 11) is 0. The van der Waals surface area contributed by atoms with Crippen molar-refractivity contribution in [2.24, 2.45) is 0 Å². The molecule has 1 fully saturated rings. The topological polar surface area (TPSA) is 15.3 Å². The molecule has 17 heavy (non-hydrogen) atoms. The highest BCUT2D eigenvalue weighted by Gasteiger charge is 2.16. The minimum absolute atomic E-state index is 0.824. The van der Waals surface area contributed by atoms with Crippen LogP contribution in [0.2, 0.25) is 0 Å². The summed E-state index contributed by atoms with van der Waals surface area (Å²) in [6.07, 6.45) is 10.4. The zero-order valence-electron chi connectivity index (χ0n) is 11.7. The summed E-state index contributed by atoms with van der Waals surface area (Å²) in [5.74, 6) is 1.31. The van der Waals surface area contributed by atoms with Crippen LogP contribution in [-0.2, 0) is 0 Å². The molecule has 1 heterocycles. The van der Waals surface area contributed by atoms with Gasteiger partial charge in [-0.1, -0.05) is 6.42 Å². The van der Waals surface area contributed by atoms with E-state index in [1.54, 1.807) is 0 Å². The Kier molecular flexibility index (Phi) is 9.21. The molecule has 1 atom stereocenters. The second-order valence-electron chi connectivity index (χ2n) is 5.18. The van der Waals surface area contributed by atoms with Crippen molar-refractivity contribution in [3.8, 4) is 0 Å². The molecule has 1 aliphatic heterocycles. The summed E-state index contributed by atoms with van der Waals surface area (Å²) in [5, 5.41) is 3.56. The van der Waals surface area contributed by atoms with Gasteiger partial charge in [0.25, 0.3) is 0 Å². The number of nitrogens with zero attached hydrogens (tertiary/aromatic N) is 1. The minimum Gasteiger partial charge on any atom is -0.317 e. The van der Waals surface area contributed by atoms with Crippen LogP contribution >= 0.6 is 11.8 Å². The van der Waals surface area contributed by atoms with Gasteiger partial charge in [0.15, 0.2) is 0 Å². The molecule has 0 spiro atoms. The number of hydrogen-bond donors (Lipinski definition) is 1. The molecular weight excluding hydrogens is 228 g/mol. The average molecular weight is 258 g/mol. The lowest BCUT2D eigenvalue weighted by Gasteiger charge is -2.33. The zero-order chi connectivity index (χ0) is 12.3. The lowest BCUT2D eigenvalue weighted by Crippen LogP contribution is -2.38. The standard InChI is InChI=1S/C14H30N2S/c1-14-8-3-5-11-16(14)12-7-10-15-9-4-6-13-17-2/h14-15H,3-13H2,1-2H3. The highest BCUT2D eigenvalue weighted by molar-refractivity contribution is 7.98. The maximum atomic E-state index is 3.56. The molecule has 0 amide bonds. The van der Waals surface area contributed by atoms with Gasteiger partial charge in [-0.05, 0) is 77.2 Å².